The van der Waals surface area contributed by atoms with Gasteiger partial charge in [0.1, 0.15) is 11.5 Å². The first-order chi connectivity index (χ1) is 16.2. The second-order valence-corrected chi connectivity index (χ2v) is 8.03. The fourth-order valence-electron chi connectivity index (χ4n) is 3.66. The highest BCUT2D eigenvalue weighted by molar-refractivity contribution is 5.50. The first kappa shape index (κ1) is 22.2. The second-order valence-electron chi connectivity index (χ2n) is 8.03. The zero-order chi connectivity index (χ0) is 22.9. The van der Waals surface area contributed by atoms with Crippen molar-refractivity contribution in [1.29, 1.82) is 5.26 Å². The maximum atomic E-state index is 8.97. The molecule has 0 spiro atoms. The zero-order valence-electron chi connectivity index (χ0n) is 18.9. The Balaban J connectivity index is 1.42. The average molecular weight is 437 g/mol. The van der Waals surface area contributed by atoms with Crippen LogP contribution in [-0.4, -0.2) is 16.1 Å². The third-order valence-electron chi connectivity index (χ3n) is 5.45. The molecule has 0 fully saturated rings. The van der Waals surface area contributed by atoms with E-state index in [-0.39, 0.29) is 0 Å². The summed E-state index contributed by atoms with van der Waals surface area (Å²) in [4.78, 5) is 7.00. The Morgan fingerprint density at radius 2 is 1.67 bits per heavy atom. The molecule has 1 heterocycles. The smallest absolute Gasteiger partial charge is 0.127 e. The number of benzene rings is 3. The summed E-state index contributed by atoms with van der Waals surface area (Å²) in [6, 6.07) is 27.9. The van der Waals surface area contributed by atoms with Crippen molar-refractivity contribution >= 4 is 5.69 Å². The van der Waals surface area contributed by atoms with E-state index in [0.717, 1.165) is 60.9 Å². The predicted octanol–water partition coefficient (Wildman–Crippen LogP) is 6.40. The van der Waals surface area contributed by atoms with E-state index in [1.165, 1.54) is 0 Å². The summed E-state index contributed by atoms with van der Waals surface area (Å²) < 4.78 is 8.02. The molecule has 4 aromatic rings. The Kier molecular flexibility index (Phi) is 7.40. The number of rotatable bonds is 10. The molecule has 0 amide bonds. The van der Waals surface area contributed by atoms with Crippen molar-refractivity contribution in [3.05, 3.63) is 108 Å². The van der Waals surface area contributed by atoms with Crippen LogP contribution in [0.3, 0.4) is 0 Å². The number of nitriles is 1. The van der Waals surface area contributed by atoms with Crippen LogP contribution in [-0.2, 0) is 13.1 Å². The molecule has 5 heteroatoms. The van der Waals surface area contributed by atoms with Crippen LogP contribution in [0.4, 0.5) is 5.69 Å². The maximum Gasteiger partial charge on any atom is 0.127 e. The number of hydrogen-bond acceptors (Lipinski definition) is 4. The first-order valence-electron chi connectivity index (χ1n) is 11.3. The molecule has 4 rings (SSSR count). The third kappa shape index (κ3) is 6.24. The fraction of sp³-hybridized carbons (Fsp3) is 0.214. The van der Waals surface area contributed by atoms with Crippen LogP contribution in [0, 0.1) is 11.3 Å². The van der Waals surface area contributed by atoms with Crippen molar-refractivity contribution in [2.45, 2.75) is 32.9 Å². The Hall–Kier alpha value is -4.04. The standard InChI is InChI=1S/C28H28N4O/c1-2-3-17-32(26-13-15-28(16-14-26)33-27-7-5-4-6-8-27)21-25-20-31(22-30-25)19-24-11-9-23(18-29)10-12-24/h4-16,20,22H,2-3,17,19,21H2,1H3. The number of ether oxygens (including phenoxy) is 1. The van der Waals surface area contributed by atoms with Gasteiger partial charge in [-0.15, -0.1) is 0 Å². The van der Waals surface area contributed by atoms with Gasteiger partial charge in [-0.3, -0.25) is 0 Å². The van der Waals surface area contributed by atoms with Gasteiger partial charge in [-0.05, 0) is 60.5 Å². The van der Waals surface area contributed by atoms with Crippen LogP contribution >= 0.6 is 0 Å². The summed E-state index contributed by atoms with van der Waals surface area (Å²) in [5, 5.41) is 8.97. The molecule has 0 aliphatic rings. The molecule has 33 heavy (non-hydrogen) atoms. The second kappa shape index (κ2) is 11.0. The summed E-state index contributed by atoms with van der Waals surface area (Å²) >= 11 is 0. The largest absolute Gasteiger partial charge is 0.457 e. The lowest BCUT2D eigenvalue weighted by molar-refractivity contribution is 0.482. The summed E-state index contributed by atoms with van der Waals surface area (Å²) in [6.07, 6.45) is 6.24. The van der Waals surface area contributed by atoms with Crippen molar-refractivity contribution < 1.29 is 4.74 Å². The SMILES string of the molecule is CCCCN(Cc1cn(Cc2ccc(C#N)cc2)cn1)c1ccc(Oc2ccccc2)cc1. The third-order valence-corrected chi connectivity index (χ3v) is 5.45. The molecule has 0 N–H and O–H groups in total. The first-order valence-corrected chi connectivity index (χ1v) is 11.3. The van der Waals surface area contributed by atoms with E-state index in [2.05, 4.69) is 45.8 Å². The highest BCUT2D eigenvalue weighted by Gasteiger charge is 2.10. The topological polar surface area (TPSA) is 54.1 Å². The maximum absolute atomic E-state index is 8.97. The van der Waals surface area contributed by atoms with Crippen molar-refractivity contribution in [3.8, 4) is 17.6 Å². The van der Waals surface area contributed by atoms with Crippen LogP contribution in [0.5, 0.6) is 11.5 Å². The van der Waals surface area contributed by atoms with Crippen molar-refractivity contribution in [2.24, 2.45) is 0 Å². The minimum Gasteiger partial charge on any atom is -0.457 e. The van der Waals surface area contributed by atoms with E-state index in [1.54, 1.807) is 0 Å². The molecule has 0 saturated heterocycles. The zero-order valence-corrected chi connectivity index (χ0v) is 18.9. The van der Waals surface area contributed by atoms with Crippen LogP contribution in [0.2, 0.25) is 0 Å². The minimum atomic E-state index is 0.678. The minimum absolute atomic E-state index is 0.678. The van der Waals surface area contributed by atoms with Gasteiger partial charge in [0, 0.05) is 25.0 Å². The van der Waals surface area contributed by atoms with Crippen LogP contribution in [0.1, 0.15) is 36.6 Å². The summed E-state index contributed by atoms with van der Waals surface area (Å²) in [6.45, 7) is 4.66. The van der Waals surface area contributed by atoms with Gasteiger partial charge >= 0.3 is 0 Å². The van der Waals surface area contributed by atoms with Gasteiger partial charge < -0.3 is 14.2 Å². The van der Waals surface area contributed by atoms with Gasteiger partial charge in [-0.1, -0.05) is 43.7 Å². The molecule has 0 unspecified atom stereocenters. The van der Waals surface area contributed by atoms with E-state index in [1.807, 2.05) is 73.1 Å². The number of nitrogens with zero attached hydrogens (tertiary/aromatic N) is 4. The summed E-state index contributed by atoms with van der Waals surface area (Å²) in [7, 11) is 0. The van der Waals surface area contributed by atoms with E-state index in [0.29, 0.717) is 5.56 Å². The van der Waals surface area contributed by atoms with Gasteiger partial charge in [0.25, 0.3) is 0 Å². The molecular formula is C28H28N4O. The van der Waals surface area contributed by atoms with Gasteiger partial charge in [0.2, 0.25) is 0 Å². The predicted molar refractivity (Wildman–Crippen MR) is 131 cm³/mol. The highest BCUT2D eigenvalue weighted by Crippen LogP contribution is 2.25. The van der Waals surface area contributed by atoms with Crippen LogP contribution in [0.25, 0.3) is 0 Å². The summed E-state index contributed by atoms with van der Waals surface area (Å²) in [5.74, 6) is 1.66. The summed E-state index contributed by atoms with van der Waals surface area (Å²) in [5.41, 5.74) is 4.02. The van der Waals surface area contributed by atoms with E-state index < -0.39 is 0 Å². The Bertz CT molecular complexity index is 1180. The van der Waals surface area contributed by atoms with Gasteiger partial charge in [-0.25, -0.2) is 4.98 Å². The lowest BCUT2D eigenvalue weighted by Crippen LogP contribution is -2.24. The van der Waals surface area contributed by atoms with Crippen LogP contribution in [0.15, 0.2) is 91.4 Å². The molecule has 166 valence electrons. The van der Waals surface area contributed by atoms with Crippen molar-refractivity contribution in [2.75, 3.05) is 11.4 Å². The number of hydrogen-bond donors (Lipinski definition) is 0. The lowest BCUT2D eigenvalue weighted by atomic mass is 10.1. The molecule has 3 aromatic carbocycles. The molecule has 0 aliphatic heterocycles. The molecule has 0 saturated carbocycles. The normalized spacial score (nSPS) is 10.5. The Morgan fingerprint density at radius 3 is 2.36 bits per heavy atom. The van der Waals surface area contributed by atoms with E-state index in [9.17, 15) is 0 Å². The number of anilines is 1. The molecule has 0 atom stereocenters. The average Bonchev–Trinajstić information content (AvgIpc) is 3.30. The Morgan fingerprint density at radius 1 is 0.939 bits per heavy atom. The van der Waals surface area contributed by atoms with Gasteiger partial charge in [-0.2, -0.15) is 5.26 Å². The molecule has 5 nitrogen and oxygen atoms in total. The lowest BCUT2D eigenvalue weighted by Gasteiger charge is -2.24. The number of imidazole rings is 1. The monoisotopic (exact) mass is 436 g/mol. The van der Waals surface area contributed by atoms with Crippen molar-refractivity contribution in [1.82, 2.24) is 9.55 Å². The number of unbranched alkanes of at least 4 members (excludes halogenated alkanes) is 1. The molecule has 1 aromatic heterocycles. The van der Waals surface area contributed by atoms with Gasteiger partial charge in [0.05, 0.1) is 30.2 Å². The van der Waals surface area contributed by atoms with Gasteiger partial charge in [0.15, 0.2) is 0 Å². The molecule has 0 aliphatic carbocycles. The molecule has 0 radical (unpaired) electrons. The molecule has 0 bridgehead atoms. The molecular weight excluding hydrogens is 408 g/mol. The highest BCUT2D eigenvalue weighted by atomic mass is 16.5. The van der Waals surface area contributed by atoms with E-state index >= 15 is 0 Å². The fourth-order valence-corrected chi connectivity index (χ4v) is 3.66. The quantitative estimate of drug-likeness (QED) is 0.289. The number of para-hydroxylation sites is 1. The van der Waals surface area contributed by atoms with E-state index in [4.69, 9.17) is 10.00 Å². The Labute approximate surface area is 195 Å². The van der Waals surface area contributed by atoms with Crippen molar-refractivity contribution in [3.63, 3.8) is 0 Å². The number of aromatic nitrogens is 2. The van der Waals surface area contributed by atoms with Crippen LogP contribution < -0.4 is 9.64 Å².